The van der Waals surface area contributed by atoms with Crippen LogP contribution in [0.2, 0.25) is 0 Å². The number of carbonyl (C=O) groups excluding carboxylic acids is 1. The van der Waals surface area contributed by atoms with Crippen LogP contribution < -0.4 is 4.90 Å². The number of aryl methyl sites for hydroxylation is 1. The number of pyridine rings is 1. The minimum atomic E-state index is -0.932. The van der Waals surface area contributed by atoms with Gasteiger partial charge in [0.25, 0.3) is 5.91 Å². The quantitative estimate of drug-likeness (QED) is 0.890. The molecule has 0 saturated carbocycles. The molecule has 1 aromatic heterocycles. The van der Waals surface area contributed by atoms with E-state index >= 15 is 0 Å². The monoisotopic (exact) mass is 298 g/mol. The van der Waals surface area contributed by atoms with Crippen LogP contribution in [0.4, 0.5) is 5.69 Å². The van der Waals surface area contributed by atoms with Gasteiger partial charge in [0.1, 0.15) is 0 Å². The van der Waals surface area contributed by atoms with Gasteiger partial charge < -0.3 is 10.0 Å². The number of carboxylic acids is 1. The first-order valence-corrected chi connectivity index (χ1v) is 7.15. The predicted octanol–water partition coefficient (Wildman–Crippen LogP) is 2.77. The summed E-state index contributed by atoms with van der Waals surface area (Å²) < 4.78 is 0. The summed E-state index contributed by atoms with van der Waals surface area (Å²) in [6.07, 6.45) is 3.74. The minimum absolute atomic E-state index is 0.107. The molecular formula is C17H18N2O3. The number of rotatable bonds is 6. The van der Waals surface area contributed by atoms with Crippen molar-refractivity contribution in [1.82, 2.24) is 4.98 Å². The molecule has 1 N–H and O–H groups in total. The molecule has 0 radical (unpaired) electrons. The second-order valence-corrected chi connectivity index (χ2v) is 4.82. The van der Waals surface area contributed by atoms with E-state index in [1.807, 2.05) is 31.2 Å². The molecule has 0 atom stereocenters. The smallest absolute Gasteiger partial charge is 0.305 e. The van der Waals surface area contributed by atoms with Crippen LogP contribution in [-0.4, -0.2) is 28.5 Å². The molecule has 0 saturated heterocycles. The zero-order chi connectivity index (χ0) is 15.9. The van der Waals surface area contributed by atoms with Crippen LogP contribution in [0.3, 0.4) is 0 Å². The van der Waals surface area contributed by atoms with E-state index in [0.717, 1.165) is 17.7 Å². The average molecular weight is 298 g/mol. The van der Waals surface area contributed by atoms with E-state index in [2.05, 4.69) is 4.98 Å². The molecule has 1 amide bonds. The highest BCUT2D eigenvalue weighted by molar-refractivity contribution is 6.06. The van der Waals surface area contributed by atoms with Gasteiger partial charge in [-0.05, 0) is 30.2 Å². The van der Waals surface area contributed by atoms with Crippen LogP contribution in [-0.2, 0) is 11.2 Å². The lowest BCUT2D eigenvalue weighted by Gasteiger charge is -2.24. The second-order valence-electron chi connectivity index (χ2n) is 4.82. The summed E-state index contributed by atoms with van der Waals surface area (Å²) in [6, 6.07) is 10.9. The molecule has 0 aliphatic heterocycles. The molecule has 0 aliphatic rings. The highest BCUT2D eigenvalue weighted by Gasteiger charge is 2.20. The Labute approximate surface area is 129 Å². The van der Waals surface area contributed by atoms with Crippen molar-refractivity contribution in [2.45, 2.75) is 19.8 Å². The summed E-state index contributed by atoms with van der Waals surface area (Å²) in [4.78, 5) is 29.1. The number of aromatic nitrogens is 1. The number of hydrogen-bond acceptors (Lipinski definition) is 3. The molecule has 0 unspecified atom stereocenters. The summed E-state index contributed by atoms with van der Waals surface area (Å²) in [6.45, 7) is 2.13. The number of carboxylic acid groups (broad SMARTS) is 1. The lowest BCUT2D eigenvalue weighted by molar-refractivity contribution is -0.136. The Hall–Kier alpha value is -2.69. The molecule has 5 nitrogen and oxygen atoms in total. The van der Waals surface area contributed by atoms with Crippen molar-refractivity contribution in [3.05, 3.63) is 59.9 Å². The van der Waals surface area contributed by atoms with Crippen molar-refractivity contribution in [2.24, 2.45) is 0 Å². The van der Waals surface area contributed by atoms with E-state index < -0.39 is 5.97 Å². The fourth-order valence-corrected chi connectivity index (χ4v) is 2.26. The van der Waals surface area contributed by atoms with Gasteiger partial charge in [-0.3, -0.25) is 14.6 Å². The number of benzene rings is 1. The molecule has 2 rings (SSSR count). The molecule has 0 aliphatic carbocycles. The lowest BCUT2D eigenvalue weighted by atomic mass is 10.1. The SMILES string of the molecule is CCc1ccccc1N(CCC(=O)O)C(=O)c1cccnc1. The summed E-state index contributed by atoms with van der Waals surface area (Å²) in [5, 5.41) is 8.94. The van der Waals surface area contributed by atoms with E-state index in [4.69, 9.17) is 5.11 Å². The maximum absolute atomic E-state index is 12.7. The zero-order valence-electron chi connectivity index (χ0n) is 12.4. The number of nitrogens with zero attached hydrogens (tertiary/aromatic N) is 2. The maximum atomic E-state index is 12.7. The van der Waals surface area contributed by atoms with E-state index in [9.17, 15) is 9.59 Å². The molecule has 0 spiro atoms. The van der Waals surface area contributed by atoms with Crippen LogP contribution in [0.5, 0.6) is 0 Å². The van der Waals surface area contributed by atoms with Gasteiger partial charge in [-0.15, -0.1) is 0 Å². The van der Waals surface area contributed by atoms with Gasteiger partial charge >= 0.3 is 5.97 Å². The molecule has 22 heavy (non-hydrogen) atoms. The van der Waals surface area contributed by atoms with E-state index in [1.165, 1.54) is 11.1 Å². The molecule has 114 valence electrons. The van der Waals surface area contributed by atoms with Gasteiger partial charge in [-0.25, -0.2) is 0 Å². The maximum Gasteiger partial charge on any atom is 0.305 e. The number of aliphatic carboxylic acids is 1. The summed E-state index contributed by atoms with van der Waals surface area (Å²) in [7, 11) is 0. The average Bonchev–Trinajstić information content (AvgIpc) is 2.55. The van der Waals surface area contributed by atoms with Crippen LogP contribution in [0.1, 0.15) is 29.3 Å². The van der Waals surface area contributed by atoms with Gasteiger partial charge in [-0.1, -0.05) is 25.1 Å². The Bertz CT molecular complexity index is 656. The van der Waals surface area contributed by atoms with Crippen LogP contribution in [0.25, 0.3) is 0 Å². The molecule has 5 heteroatoms. The standard InChI is InChI=1S/C17H18N2O3/c1-2-13-6-3-4-8-15(13)19(11-9-16(20)21)17(22)14-7-5-10-18-12-14/h3-8,10,12H,2,9,11H2,1H3,(H,20,21). The highest BCUT2D eigenvalue weighted by Crippen LogP contribution is 2.23. The van der Waals surface area contributed by atoms with Crippen molar-refractivity contribution in [1.29, 1.82) is 0 Å². The molecule has 2 aromatic rings. The number of anilines is 1. The third-order valence-corrected chi connectivity index (χ3v) is 3.37. The normalized spacial score (nSPS) is 10.2. The Morgan fingerprint density at radius 1 is 1.18 bits per heavy atom. The first-order valence-electron chi connectivity index (χ1n) is 7.15. The summed E-state index contributed by atoms with van der Waals surface area (Å²) in [5.41, 5.74) is 2.20. The van der Waals surface area contributed by atoms with Crippen molar-refractivity contribution in [2.75, 3.05) is 11.4 Å². The van der Waals surface area contributed by atoms with Crippen molar-refractivity contribution in [3.63, 3.8) is 0 Å². The Morgan fingerprint density at radius 3 is 2.59 bits per heavy atom. The van der Waals surface area contributed by atoms with Crippen molar-refractivity contribution >= 4 is 17.6 Å². The first-order chi connectivity index (χ1) is 10.6. The molecule has 1 heterocycles. The fraction of sp³-hybridized carbons (Fsp3) is 0.235. The predicted molar refractivity (Wildman–Crippen MR) is 84.0 cm³/mol. The zero-order valence-corrected chi connectivity index (χ0v) is 12.4. The second kappa shape index (κ2) is 7.36. The first kappa shape index (κ1) is 15.7. The van der Waals surface area contributed by atoms with Crippen molar-refractivity contribution < 1.29 is 14.7 Å². The lowest BCUT2D eigenvalue weighted by Crippen LogP contribution is -2.33. The number of amides is 1. The summed E-state index contributed by atoms with van der Waals surface area (Å²) >= 11 is 0. The molecule has 0 fully saturated rings. The Morgan fingerprint density at radius 2 is 1.95 bits per heavy atom. The minimum Gasteiger partial charge on any atom is -0.481 e. The third-order valence-electron chi connectivity index (χ3n) is 3.37. The molecule has 0 bridgehead atoms. The van der Waals surface area contributed by atoms with Crippen LogP contribution in [0, 0.1) is 0 Å². The Balaban J connectivity index is 2.38. The van der Waals surface area contributed by atoms with E-state index in [-0.39, 0.29) is 18.9 Å². The van der Waals surface area contributed by atoms with Gasteiger partial charge in [0.05, 0.1) is 12.0 Å². The van der Waals surface area contributed by atoms with E-state index in [0.29, 0.717) is 5.56 Å². The third kappa shape index (κ3) is 3.69. The van der Waals surface area contributed by atoms with Gasteiger partial charge in [-0.2, -0.15) is 0 Å². The van der Waals surface area contributed by atoms with Gasteiger partial charge in [0, 0.05) is 24.6 Å². The van der Waals surface area contributed by atoms with Crippen LogP contribution >= 0.6 is 0 Å². The van der Waals surface area contributed by atoms with E-state index in [1.54, 1.807) is 18.3 Å². The Kier molecular flexibility index (Phi) is 5.25. The molecular weight excluding hydrogens is 280 g/mol. The molecule has 1 aromatic carbocycles. The van der Waals surface area contributed by atoms with Crippen LogP contribution in [0.15, 0.2) is 48.8 Å². The summed E-state index contributed by atoms with van der Waals surface area (Å²) in [5.74, 6) is -1.17. The van der Waals surface area contributed by atoms with Gasteiger partial charge in [0.15, 0.2) is 0 Å². The fourth-order valence-electron chi connectivity index (χ4n) is 2.26. The number of hydrogen-bond donors (Lipinski definition) is 1. The topological polar surface area (TPSA) is 70.5 Å². The highest BCUT2D eigenvalue weighted by atomic mass is 16.4. The van der Waals surface area contributed by atoms with Crippen molar-refractivity contribution in [3.8, 4) is 0 Å². The number of carbonyl (C=O) groups is 2. The van der Waals surface area contributed by atoms with Gasteiger partial charge in [0.2, 0.25) is 0 Å². The largest absolute Gasteiger partial charge is 0.481 e. The number of para-hydroxylation sites is 1.